The second-order valence-electron chi connectivity index (χ2n) is 5.61. The monoisotopic (exact) mass is 459 g/mol. The summed E-state index contributed by atoms with van der Waals surface area (Å²) in [6.45, 7) is 0.419. The van der Waals surface area contributed by atoms with E-state index in [0.717, 1.165) is 10.0 Å². The zero-order valence-electron chi connectivity index (χ0n) is 14.4. The molecular weight excluding hydrogens is 446 g/mol. The minimum Gasteiger partial charge on any atom is -0.489 e. The molecule has 0 aliphatic rings. The molecule has 0 bridgehead atoms. The first-order valence-electron chi connectivity index (χ1n) is 8.05. The van der Waals surface area contributed by atoms with Crippen LogP contribution in [0.4, 0.5) is 5.69 Å². The van der Waals surface area contributed by atoms with E-state index in [4.69, 9.17) is 4.74 Å². The molecule has 3 aromatic rings. The molecule has 0 aliphatic carbocycles. The molecule has 2 aromatic carbocycles. The lowest BCUT2D eigenvalue weighted by Gasteiger charge is -2.07. The molecule has 7 nitrogen and oxygen atoms in total. The summed E-state index contributed by atoms with van der Waals surface area (Å²) in [6, 6.07) is 15.9. The molecule has 0 saturated heterocycles. The Labute approximate surface area is 172 Å². The van der Waals surface area contributed by atoms with E-state index in [1.54, 1.807) is 24.3 Å². The number of hydrazone groups is 1. The van der Waals surface area contributed by atoms with Gasteiger partial charge in [0.15, 0.2) is 0 Å². The maximum Gasteiger partial charge on any atom is 0.280 e. The van der Waals surface area contributed by atoms with E-state index in [0.29, 0.717) is 22.8 Å². The largest absolute Gasteiger partial charge is 0.489 e. The Bertz CT molecular complexity index is 1020. The molecule has 0 aliphatic heterocycles. The molecule has 0 atom stereocenters. The Morgan fingerprint density at radius 3 is 2.71 bits per heavy atom. The van der Waals surface area contributed by atoms with Crippen molar-refractivity contribution in [1.29, 1.82) is 0 Å². The first-order chi connectivity index (χ1) is 13.5. The zero-order valence-corrected chi connectivity index (χ0v) is 16.8. The highest BCUT2D eigenvalue weighted by Gasteiger charge is 2.08. The fourth-order valence-corrected chi connectivity index (χ4v) is 3.38. The number of carbonyl (C=O) groups is 1. The van der Waals surface area contributed by atoms with Gasteiger partial charge in [0.1, 0.15) is 12.4 Å². The average Bonchev–Trinajstić information content (AvgIpc) is 3.16. The molecule has 9 heteroatoms. The number of hydrogen-bond donors (Lipinski definition) is 1. The number of thiophene rings is 1. The SMILES string of the molecule is O=C(N/N=C\c1cc([N+](=O)[O-])cs1)c1ccc(OCc2cccc(Br)c2)cc1. The lowest BCUT2D eigenvalue weighted by molar-refractivity contribution is -0.384. The molecule has 3 rings (SSSR count). The van der Waals surface area contributed by atoms with Crippen molar-refractivity contribution in [1.82, 2.24) is 5.43 Å². The van der Waals surface area contributed by atoms with E-state index in [1.165, 1.54) is 29.0 Å². The van der Waals surface area contributed by atoms with Crippen LogP contribution in [0.2, 0.25) is 0 Å². The summed E-state index contributed by atoms with van der Waals surface area (Å²) in [5, 5.41) is 15.9. The highest BCUT2D eigenvalue weighted by atomic mass is 79.9. The van der Waals surface area contributed by atoms with E-state index < -0.39 is 4.92 Å². The van der Waals surface area contributed by atoms with Gasteiger partial charge in [-0.15, -0.1) is 11.3 Å². The first kappa shape index (κ1) is 19.7. The van der Waals surface area contributed by atoms with Gasteiger partial charge in [-0.05, 0) is 42.0 Å². The van der Waals surface area contributed by atoms with Crippen LogP contribution in [0.1, 0.15) is 20.8 Å². The van der Waals surface area contributed by atoms with E-state index >= 15 is 0 Å². The number of nitro groups is 1. The van der Waals surface area contributed by atoms with Crippen LogP contribution < -0.4 is 10.2 Å². The Hall–Kier alpha value is -3.04. The summed E-state index contributed by atoms with van der Waals surface area (Å²) in [5.41, 5.74) is 3.83. The predicted octanol–water partition coefficient (Wildman–Crippen LogP) is 4.76. The number of nitrogens with zero attached hydrogens (tertiary/aromatic N) is 2. The molecule has 1 N–H and O–H groups in total. The number of benzene rings is 2. The number of carbonyl (C=O) groups excluding carboxylic acids is 1. The molecule has 142 valence electrons. The minimum atomic E-state index is -0.479. The standard InChI is InChI=1S/C19H14BrN3O4S/c20-15-3-1-2-13(8-15)11-27-17-6-4-14(5-7-17)19(24)22-21-10-18-9-16(12-28-18)23(25)26/h1-10,12H,11H2,(H,22,24)/b21-10-. The summed E-state index contributed by atoms with van der Waals surface area (Å²) < 4.78 is 6.69. The lowest BCUT2D eigenvalue weighted by Crippen LogP contribution is -2.17. The fourth-order valence-electron chi connectivity index (χ4n) is 2.22. The van der Waals surface area contributed by atoms with Crippen LogP contribution in [0.15, 0.2) is 69.6 Å². The topological polar surface area (TPSA) is 93.8 Å². The molecule has 0 unspecified atom stereocenters. The van der Waals surface area contributed by atoms with Crippen LogP contribution in [0, 0.1) is 10.1 Å². The Balaban J connectivity index is 1.52. The quantitative estimate of drug-likeness (QED) is 0.313. The summed E-state index contributed by atoms with van der Waals surface area (Å²) in [5.74, 6) is 0.256. The van der Waals surface area contributed by atoms with Crippen molar-refractivity contribution in [2.45, 2.75) is 6.61 Å². The van der Waals surface area contributed by atoms with Crippen molar-refractivity contribution in [2.75, 3.05) is 0 Å². The maximum atomic E-state index is 12.1. The summed E-state index contributed by atoms with van der Waals surface area (Å²) >= 11 is 4.59. The highest BCUT2D eigenvalue weighted by molar-refractivity contribution is 9.10. The van der Waals surface area contributed by atoms with E-state index in [2.05, 4.69) is 26.5 Å². The van der Waals surface area contributed by atoms with Crippen LogP contribution >= 0.6 is 27.3 Å². The van der Waals surface area contributed by atoms with Crippen molar-refractivity contribution in [3.63, 3.8) is 0 Å². The van der Waals surface area contributed by atoms with Gasteiger partial charge in [-0.1, -0.05) is 28.1 Å². The van der Waals surface area contributed by atoms with Gasteiger partial charge >= 0.3 is 0 Å². The lowest BCUT2D eigenvalue weighted by atomic mass is 10.2. The van der Waals surface area contributed by atoms with E-state index in [9.17, 15) is 14.9 Å². The minimum absolute atomic E-state index is 0.00349. The van der Waals surface area contributed by atoms with E-state index in [1.807, 2.05) is 24.3 Å². The Morgan fingerprint density at radius 2 is 2.04 bits per heavy atom. The molecule has 1 amide bonds. The molecular formula is C19H14BrN3O4S. The molecule has 28 heavy (non-hydrogen) atoms. The molecule has 1 aromatic heterocycles. The van der Waals surface area contributed by atoms with Gasteiger partial charge in [0, 0.05) is 16.1 Å². The van der Waals surface area contributed by atoms with Gasteiger partial charge in [-0.2, -0.15) is 5.10 Å². The average molecular weight is 460 g/mol. The van der Waals surface area contributed by atoms with Gasteiger partial charge in [-0.3, -0.25) is 14.9 Å². The third kappa shape index (κ3) is 5.48. The van der Waals surface area contributed by atoms with Gasteiger partial charge in [-0.25, -0.2) is 5.43 Å². The second-order valence-corrected chi connectivity index (χ2v) is 7.46. The normalized spacial score (nSPS) is 10.8. The van der Waals surface area contributed by atoms with Crippen LogP contribution in [0.25, 0.3) is 0 Å². The Morgan fingerprint density at radius 1 is 1.25 bits per heavy atom. The predicted molar refractivity (Wildman–Crippen MR) is 111 cm³/mol. The molecule has 0 saturated carbocycles. The summed E-state index contributed by atoms with van der Waals surface area (Å²) in [4.78, 5) is 22.8. The first-order valence-corrected chi connectivity index (χ1v) is 9.72. The maximum absolute atomic E-state index is 12.1. The van der Waals surface area contributed by atoms with Gasteiger partial charge in [0.25, 0.3) is 11.6 Å². The van der Waals surface area contributed by atoms with Crippen molar-refractivity contribution < 1.29 is 14.5 Å². The van der Waals surface area contributed by atoms with Gasteiger partial charge in [0.05, 0.1) is 21.4 Å². The smallest absolute Gasteiger partial charge is 0.280 e. The number of rotatable bonds is 7. The second kappa shape index (κ2) is 9.25. The van der Waals surface area contributed by atoms with Crippen LogP contribution in [0.5, 0.6) is 5.75 Å². The number of ether oxygens (including phenoxy) is 1. The molecule has 0 spiro atoms. The zero-order chi connectivity index (χ0) is 19.9. The number of hydrogen-bond acceptors (Lipinski definition) is 6. The van der Waals surface area contributed by atoms with Gasteiger partial charge < -0.3 is 4.74 Å². The Kier molecular flexibility index (Phi) is 6.51. The van der Waals surface area contributed by atoms with Crippen LogP contribution in [-0.2, 0) is 6.61 Å². The fraction of sp³-hybridized carbons (Fsp3) is 0.0526. The third-order valence-corrected chi connectivity index (χ3v) is 4.93. The van der Waals surface area contributed by atoms with Crippen molar-refractivity contribution >= 4 is 45.1 Å². The molecule has 1 heterocycles. The van der Waals surface area contributed by atoms with Crippen molar-refractivity contribution in [3.05, 3.63) is 90.6 Å². The van der Waals surface area contributed by atoms with Crippen LogP contribution in [0.3, 0.4) is 0 Å². The molecule has 0 radical (unpaired) electrons. The summed E-state index contributed by atoms with van der Waals surface area (Å²) in [7, 11) is 0. The van der Waals surface area contributed by atoms with Crippen LogP contribution in [-0.4, -0.2) is 17.0 Å². The number of amides is 1. The van der Waals surface area contributed by atoms with Gasteiger partial charge in [0.2, 0.25) is 0 Å². The molecule has 0 fully saturated rings. The number of halogens is 1. The van der Waals surface area contributed by atoms with Crippen molar-refractivity contribution in [2.24, 2.45) is 5.10 Å². The highest BCUT2D eigenvalue weighted by Crippen LogP contribution is 2.19. The summed E-state index contributed by atoms with van der Waals surface area (Å²) in [6.07, 6.45) is 1.37. The number of nitrogens with one attached hydrogen (secondary N) is 1. The third-order valence-electron chi connectivity index (χ3n) is 3.59. The van der Waals surface area contributed by atoms with Crippen molar-refractivity contribution in [3.8, 4) is 5.75 Å². The van der Waals surface area contributed by atoms with E-state index in [-0.39, 0.29) is 11.6 Å².